The lowest BCUT2D eigenvalue weighted by atomic mass is 9.99. The van der Waals surface area contributed by atoms with Gasteiger partial charge in [-0.2, -0.15) is 9.97 Å². The van der Waals surface area contributed by atoms with Gasteiger partial charge in [-0.1, -0.05) is 13.0 Å². The minimum Gasteiger partial charge on any atom is -0.508 e. The molecule has 1 N–H and O–H groups in total. The molecule has 5 heterocycles. The standard InChI is InChI=1S/C25H27FN4O4.C7H13N/c1-3-17-18(26)7-6-15-12-16(31)13-20(21(15)17)30-14-19-22(24(30)32)23(28-25(27-19)34-4-2)29-8-5-10-33-11-9-29;1-3-7-4-2-6-8(7)5-1/h6-7,12-13,31H,3-5,8-11,14H2,1-2H3;7H,1-6H2. The van der Waals surface area contributed by atoms with Crippen LogP contribution in [0.25, 0.3) is 10.8 Å². The second-order valence-corrected chi connectivity index (χ2v) is 11.3. The average Bonchev–Trinajstić information content (AvgIpc) is 3.63. The predicted octanol–water partition coefficient (Wildman–Crippen LogP) is 5.07. The number of phenols is 1. The van der Waals surface area contributed by atoms with Crippen LogP contribution in [-0.4, -0.2) is 77.9 Å². The molecule has 42 heavy (non-hydrogen) atoms. The van der Waals surface area contributed by atoms with Gasteiger partial charge in [0.1, 0.15) is 22.9 Å². The summed E-state index contributed by atoms with van der Waals surface area (Å²) in [4.78, 5) is 29.2. The second-order valence-electron chi connectivity index (χ2n) is 11.3. The van der Waals surface area contributed by atoms with Crippen LogP contribution in [0.3, 0.4) is 0 Å². The Bertz CT molecular complexity index is 1440. The minimum atomic E-state index is -0.338. The first kappa shape index (κ1) is 28.6. The molecule has 3 saturated heterocycles. The molecule has 0 radical (unpaired) electrons. The molecular formula is C32H40FN5O4. The van der Waals surface area contributed by atoms with E-state index in [2.05, 4.69) is 14.9 Å². The Kier molecular flexibility index (Phi) is 8.44. The molecule has 1 aromatic heterocycles. The number of benzene rings is 2. The molecule has 224 valence electrons. The molecule has 0 atom stereocenters. The maximum Gasteiger partial charge on any atom is 0.318 e. The van der Waals surface area contributed by atoms with Crippen molar-refractivity contribution in [1.82, 2.24) is 14.9 Å². The van der Waals surface area contributed by atoms with Crippen LogP contribution in [0.15, 0.2) is 24.3 Å². The molecular weight excluding hydrogens is 537 g/mol. The van der Waals surface area contributed by atoms with Crippen molar-refractivity contribution in [3.05, 3.63) is 46.9 Å². The fourth-order valence-electron chi connectivity index (χ4n) is 6.82. The fraction of sp³-hybridized carbons (Fsp3) is 0.531. The van der Waals surface area contributed by atoms with Crippen molar-refractivity contribution in [3.8, 4) is 11.8 Å². The Labute approximate surface area is 246 Å². The van der Waals surface area contributed by atoms with Crippen LogP contribution in [0, 0.1) is 5.82 Å². The molecule has 0 spiro atoms. The number of fused-ring (bicyclic) bond motifs is 3. The van der Waals surface area contributed by atoms with Gasteiger partial charge in [0.2, 0.25) is 0 Å². The van der Waals surface area contributed by atoms with Gasteiger partial charge in [-0.15, -0.1) is 0 Å². The summed E-state index contributed by atoms with van der Waals surface area (Å²) in [5.41, 5.74) is 1.92. The highest BCUT2D eigenvalue weighted by Gasteiger charge is 2.37. The first-order chi connectivity index (χ1) is 20.5. The van der Waals surface area contributed by atoms with E-state index in [-0.39, 0.29) is 30.0 Å². The van der Waals surface area contributed by atoms with Gasteiger partial charge in [0.25, 0.3) is 5.91 Å². The maximum absolute atomic E-state index is 14.7. The first-order valence-electron chi connectivity index (χ1n) is 15.3. The first-order valence-corrected chi connectivity index (χ1v) is 15.3. The number of carbonyl (C=O) groups excluding carboxylic acids is 1. The van der Waals surface area contributed by atoms with Crippen LogP contribution in [0.4, 0.5) is 15.9 Å². The summed E-state index contributed by atoms with van der Waals surface area (Å²) in [7, 11) is 0. The van der Waals surface area contributed by atoms with E-state index in [1.165, 1.54) is 50.9 Å². The number of hydrogen-bond donors (Lipinski definition) is 1. The third-order valence-electron chi connectivity index (χ3n) is 8.76. The summed E-state index contributed by atoms with van der Waals surface area (Å²) in [6.45, 7) is 9.57. The van der Waals surface area contributed by atoms with Crippen LogP contribution in [0.5, 0.6) is 11.8 Å². The van der Waals surface area contributed by atoms with Crippen LogP contribution in [0.1, 0.15) is 67.6 Å². The molecule has 9 nitrogen and oxygen atoms in total. The molecule has 3 aromatic rings. The van der Waals surface area contributed by atoms with Gasteiger partial charge in [-0.05, 0) is 81.6 Å². The Morgan fingerprint density at radius 2 is 1.86 bits per heavy atom. The van der Waals surface area contributed by atoms with Gasteiger partial charge in [0, 0.05) is 37.2 Å². The van der Waals surface area contributed by atoms with Crippen molar-refractivity contribution >= 4 is 28.2 Å². The molecule has 0 aliphatic carbocycles. The van der Waals surface area contributed by atoms with E-state index in [1.54, 1.807) is 17.0 Å². The molecule has 1 amide bonds. The van der Waals surface area contributed by atoms with Crippen molar-refractivity contribution < 1.29 is 23.8 Å². The number of phenolic OH excluding ortho intramolecular Hbond substituents is 1. The number of ether oxygens (including phenoxy) is 2. The lowest BCUT2D eigenvalue weighted by Crippen LogP contribution is -2.30. The van der Waals surface area contributed by atoms with Gasteiger partial charge in [-0.3, -0.25) is 4.79 Å². The van der Waals surface area contributed by atoms with Crippen LogP contribution in [0.2, 0.25) is 0 Å². The van der Waals surface area contributed by atoms with Crippen molar-refractivity contribution in [3.63, 3.8) is 0 Å². The highest BCUT2D eigenvalue weighted by Crippen LogP contribution is 2.41. The molecule has 4 aliphatic rings. The van der Waals surface area contributed by atoms with E-state index in [9.17, 15) is 14.3 Å². The van der Waals surface area contributed by atoms with Crippen LogP contribution in [-0.2, 0) is 17.7 Å². The summed E-state index contributed by atoms with van der Waals surface area (Å²) in [5.74, 6) is -0.0880. The molecule has 10 heteroatoms. The Morgan fingerprint density at radius 3 is 2.60 bits per heavy atom. The molecule has 3 fully saturated rings. The quantitative estimate of drug-likeness (QED) is 0.450. The number of anilines is 2. The number of rotatable bonds is 5. The Hall–Kier alpha value is -3.50. The van der Waals surface area contributed by atoms with Crippen LogP contribution < -0.4 is 14.5 Å². The number of aromatic nitrogens is 2. The Balaban J connectivity index is 0.000000337. The molecule has 2 aromatic carbocycles. The number of aryl methyl sites for hydroxylation is 1. The normalized spacial score (nSPS) is 19.1. The molecule has 0 saturated carbocycles. The van der Waals surface area contributed by atoms with Crippen molar-refractivity contribution in [2.24, 2.45) is 0 Å². The summed E-state index contributed by atoms with van der Waals surface area (Å²) < 4.78 is 25.9. The fourth-order valence-corrected chi connectivity index (χ4v) is 6.82. The van der Waals surface area contributed by atoms with Crippen molar-refractivity contribution in [1.29, 1.82) is 0 Å². The van der Waals surface area contributed by atoms with Gasteiger partial charge < -0.3 is 29.3 Å². The SMILES string of the molecule is C1CC2CCCN2C1.CCOc1nc2c(c(N3CCCOCC3)n1)C(=O)N(c1cc(O)cc3ccc(F)c(CC)c13)C2. The highest BCUT2D eigenvalue weighted by atomic mass is 19.1. The van der Waals surface area contributed by atoms with Gasteiger partial charge in [0.15, 0.2) is 0 Å². The van der Waals surface area contributed by atoms with E-state index >= 15 is 0 Å². The second kappa shape index (κ2) is 12.4. The topological polar surface area (TPSA) is 91.3 Å². The summed E-state index contributed by atoms with van der Waals surface area (Å²) in [6.07, 6.45) is 7.16. The summed E-state index contributed by atoms with van der Waals surface area (Å²) in [6, 6.07) is 7.34. The zero-order chi connectivity index (χ0) is 29.2. The number of amides is 1. The smallest absolute Gasteiger partial charge is 0.318 e. The monoisotopic (exact) mass is 577 g/mol. The number of halogens is 1. The lowest BCUT2D eigenvalue weighted by molar-refractivity contribution is 0.0997. The average molecular weight is 578 g/mol. The van der Waals surface area contributed by atoms with E-state index in [0.717, 1.165) is 12.5 Å². The van der Waals surface area contributed by atoms with E-state index in [0.29, 0.717) is 78.4 Å². The highest BCUT2D eigenvalue weighted by molar-refractivity contribution is 6.16. The largest absolute Gasteiger partial charge is 0.508 e. The summed E-state index contributed by atoms with van der Waals surface area (Å²) >= 11 is 0. The van der Waals surface area contributed by atoms with Crippen molar-refractivity contribution in [2.75, 3.05) is 55.8 Å². The van der Waals surface area contributed by atoms with E-state index < -0.39 is 0 Å². The zero-order valence-corrected chi connectivity index (χ0v) is 24.6. The third kappa shape index (κ3) is 5.49. The number of nitrogens with zero attached hydrogens (tertiary/aromatic N) is 5. The number of carbonyl (C=O) groups is 1. The molecule has 4 aliphatic heterocycles. The minimum absolute atomic E-state index is 0.00546. The lowest BCUT2D eigenvalue weighted by Gasteiger charge is -2.23. The van der Waals surface area contributed by atoms with Crippen molar-refractivity contribution in [2.45, 2.75) is 65.0 Å². The molecule has 0 bridgehead atoms. The van der Waals surface area contributed by atoms with Crippen LogP contribution >= 0.6 is 0 Å². The van der Waals surface area contributed by atoms with Gasteiger partial charge >= 0.3 is 6.01 Å². The van der Waals surface area contributed by atoms with Gasteiger partial charge in [0.05, 0.1) is 31.1 Å². The van der Waals surface area contributed by atoms with E-state index in [1.807, 2.05) is 18.7 Å². The third-order valence-corrected chi connectivity index (χ3v) is 8.76. The summed E-state index contributed by atoms with van der Waals surface area (Å²) in [5, 5.41) is 11.7. The molecule has 7 rings (SSSR count). The van der Waals surface area contributed by atoms with E-state index in [4.69, 9.17) is 9.47 Å². The number of aromatic hydroxyl groups is 1. The predicted molar refractivity (Wildman–Crippen MR) is 160 cm³/mol. The zero-order valence-electron chi connectivity index (χ0n) is 24.6. The van der Waals surface area contributed by atoms with Gasteiger partial charge in [-0.25, -0.2) is 4.39 Å². The maximum atomic E-state index is 14.7. The molecule has 0 unspecified atom stereocenters. The Morgan fingerprint density at radius 1 is 1.05 bits per heavy atom. The number of hydrogen-bond acceptors (Lipinski definition) is 8.